The van der Waals surface area contributed by atoms with E-state index in [9.17, 15) is 0 Å². The summed E-state index contributed by atoms with van der Waals surface area (Å²) >= 11 is 0. The summed E-state index contributed by atoms with van der Waals surface area (Å²) < 4.78 is 2.41. The maximum atomic E-state index is 2.41. The summed E-state index contributed by atoms with van der Waals surface area (Å²) in [5, 5.41) is 2.46. The fourth-order valence-corrected chi connectivity index (χ4v) is 10.3. The van der Waals surface area contributed by atoms with Crippen LogP contribution in [0.4, 0.5) is 17.1 Å². The zero-order valence-corrected chi connectivity index (χ0v) is 36.5. The van der Waals surface area contributed by atoms with Crippen LogP contribution in [-0.2, 0) is 5.41 Å². The van der Waals surface area contributed by atoms with Crippen LogP contribution >= 0.6 is 0 Å². The molecule has 2 nitrogen and oxygen atoms in total. The minimum absolute atomic E-state index is 0.0578. The highest BCUT2D eigenvalue weighted by atomic mass is 15.1. The van der Waals surface area contributed by atoms with Gasteiger partial charge in [0, 0.05) is 38.9 Å². The predicted molar refractivity (Wildman–Crippen MR) is 275 cm³/mol. The van der Waals surface area contributed by atoms with Crippen molar-refractivity contribution in [3.8, 4) is 61.3 Å². The first-order valence-corrected chi connectivity index (χ1v) is 22.6. The van der Waals surface area contributed by atoms with Gasteiger partial charge in [0.05, 0.1) is 11.0 Å². The van der Waals surface area contributed by atoms with E-state index in [4.69, 9.17) is 0 Å². The van der Waals surface area contributed by atoms with Crippen molar-refractivity contribution >= 4 is 38.9 Å². The zero-order chi connectivity index (χ0) is 43.5. The number of anilines is 3. The molecular weight excluding hydrogens is 785 g/mol. The second kappa shape index (κ2) is 15.6. The maximum Gasteiger partial charge on any atom is 0.0541 e. The summed E-state index contributed by atoms with van der Waals surface area (Å²) in [4.78, 5) is 2.40. The van der Waals surface area contributed by atoms with Crippen LogP contribution < -0.4 is 4.90 Å². The summed E-state index contributed by atoms with van der Waals surface area (Å²) in [6.07, 6.45) is 0. The van der Waals surface area contributed by atoms with Gasteiger partial charge in [0.2, 0.25) is 0 Å². The van der Waals surface area contributed by atoms with Crippen molar-refractivity contribution in [3.63, 3.8) is 0 Å². The van der Waals surface area contributed by atoms with E-state index in [-0.39, 0.29) is 5.41 Å². The highest BCUT2D eigenvalue weighted by molar-refractivity contribution is 6.11. The SMILES string of the molecule is CC1(C)c2ccccc2-c2cc(N(c3ccc(-c4ccccc4)cc3)c3ccc(-c4ccc5c(c4)c4cc(-c6ccccc6)ccc4n5-c4ccc(-c5ccccc5)cc4)cc3)ccc21. The molecule has 1 aliphatic carbocycles. The van der Waals surface area contributed by atoms with Crippen LogP contribution in [0.1, 0.15) is 25.0 Å². The average Bonchev–Trinajstić information content (AvgIpc) is 3.82. The molecule has 0 aliphatic heterocycles. The molecule has 65 heavy (non-hydrogen) atoms. The zero-order valence-electron chi connectivity index (χ0n) is 36.5. The molecule has 0 saturated carbocycles. The van der Waals surface area contributed by atoms with E-state index in [1.165, 1.54) is 88.6 Å². The van der Waals surface area contributed by atoms with Crippen LogP contribution in [0, 0.1) is 0 Å². The molecule has 0 spiro atoms. The lowest BCUT2D eigenvalue weighted by Crippen LogP contribution is -2.15. The molecule has 11 aromatic rings. The van der Waals surface area contributed by atoms with E-state index < -0.39 is 0 Å². The highest BCUT2D eigenvalue weighted by Gasteiger charge is 2.35. The van der Waals surface area contributed by atoms with E-state index in [1.807, 2.05) is 0 Å². The first-order valence-electron chi connectivity index (χ1n) is 22.6. The van der Waals surface area contributed by atoms with E-state index >= 15 is 0 Å². The molecule has 0 amide bonds. The van der Waals surface area contributed by atoms with Crippen LogP contribution in [0.5, 0.6) is 0 Å². The topological polar surface area (TPSA) is 8.17 Å². The first-order chi connectivity index (χ1) is 32.0. The third kappa shape index (κ3) is 6.65. The normalized spacial score (nSPS) is 12.6. The first kappa shape index (κ1) is 38.5. The van der Waals surface area contributed by atoms with Gasteiger partial charge in [-0.05, 0) is 140 Å². The lowest BCUT2D eigenvalue weighted by atomic mass is 9.82. The van der Waals surface area contributed by atoms with Gasteiger partial charge in [0.1, 0.15) is 0 Å². The molecule has 10 aromatic carbocycles. The van der Waals surface area contributed by atoms with Crippen LogP contribution in [0.2, 0.25) is 0 Å². The number of hydrogen-bond donors (Lipinski definition) is 0. The van der Waals surface area contributed by atoms with E-state index in [1.54, 1.807) is 0 Å². The highest BCUT2D eigenvalue weighted by Crippen LogP contribution is 2.51. The van der Waals surface area contributed by atoms with Crippen molar-refractivity contribution in [1.82, 2.24) is 4.57 Å². The third-order valence-corrected chi connectivity index (χ3v) is 13.6. The number of hydrogen-bond acceptors (Lipinski definition) is 1. The monoisotopic (exact) mass is 830 g/mol. The summed E-state index contributed by atoms with van der Waals surface area (Å²) in [7, 11) is 0. The van der Waals surface area contributed by atoms with E-state index in [2.05, 4.69) is 266 Å². The fourth-order valence-electron chi connectivity index (χ4n) is 10.3. The molecule has 0 N–H and O–H groups in total. The van der Waals surface area contributed by atoms with Gasteiger partial charge in [-0.15, -0.1) is 0 Å². The summed E-state index contributed by atoms with van der Waals surface area (Å²) in [5.41, 5.74) is 21.8. The molecule has 1 aromatic heterocycles. The van der Waals surface area contributed by atoms with Gasteiger partial charge in [-0.2, -0.15) is 0 Å². The number of benzene rings is 10. The van der Waals surface area contributed by atoms with E-state index in [0.717, 1.165) is 22.7 Å². The van der Waals surface area contributed by atoms with Gasteiger partial charge in [0.25, 0.3) is 0 Å². The molecule has 0 bridgehead atoms. The van der Waals surface area contributed by atoms with Crippen LogP contribution in [0.25, 0.3) is 83.1 Å². The average molecular weight is 831 g/mol. The lowest BCUT2D eigenvalue weighted by molar-refractivity contribution is 0.660. The van der Waals surface area contributed by atoms with Gasteiger partial charge in [-0.1, -0.05) is 184 Å². The van der Waals surface area contributed by atoms with Crippen molar-refractivity contribution in [3.05, 3.63) is 254 Å². The van der Waals surface area contributed by atoms with Crippen molar-refractivity contribution < 1.29 is 0 Å². The Balaban J connectivity index is 0.960. The number of rotatable bonds is 8. The van der Waals surface area contributed by atoms with Gasteiger partial charge in [-0.25, -0.2) is 0 Å². The molecular formula is C63H46N2. The summed E-state index contributed by atoms with van der Waals surface area (Å²) in [5.74, 6) is 0. The standard InChI is InChI=1S/C63H46N2/c1-63(2)59-21-13-12-20-55(59)56-42-54(36-37-60(56)63)64(51-30-22-46(23-31-51)43-14-6-3-7-15-43)52-32-26-48(27-33-52)50-29-39-62-58(41-50)57-40-49(45-18-10-5-11-19-45)28-38-61(57)65(62)53-34-24-47(25-35-53)44-16-8-4-9-17-44/h3-42H,1-2H3. The van der Waals surface area contributed by atoms with Crippen LogP contribution in [0.3, 0.4) is 0 Å². The molecule has 0 fully saturated rings. The lowest BCUT2D eigenvalue weighted by Gasteiger charge is -2.27. The molecule has 0 saturated heterocycles. The molecule has 2 heteroatoms. The van der Waals surface area contributed by atoms with Crippen LogP contribution in [-0.4, -0.2) is 4.57 Å². The number of aromatic nitrogens is 1. The molecule has 0 atom stereocenters. The third-order valence-electron chi connectivity index (χ3n) is 13.6. The Morgan fingerprint density at radius 1 is 0.308 bits per heavy atom. The molecule has 0 radical (unpaired) electrons. The summed E-state index contributed by atoms with van der Waals surface area (Å²) in [6, 6.07) is 88.8. The Morgan fingerprint density at radius 2 is 0.692 bits per heavy atom. The Hall–Kier alpha value is -8.20. The van der Waals surface area contributed by atoms with Crippen molar-refractivity contribution in [2.24, 2.45) is 0 Å². The van der Waals surface area contributed by atoms with Gasteiger partial charge < -0.3 is 9.47 Å². The second-order valence-corrected chi connectivity index (χ2v) is 17.8. The van der Waals surface area contributed by atoms with Gasteiger partial charge >= 0.3 is 0 Å². The Morgan fingerprint density at radius 3 is 1.22 bits per heavy atom. The fraction of sp³-hybridized carbons (Fsp3) is 0.0476. The number of nitrogens with zero attached hydrogens (tertiary/aromatic N) is 2. The molecule has 0 unspecified atom stereocenters. The van der Waals surface area contributed by atoms with Gasteiger partial charge in [-0.3, -0.25) is 0 Å². The molecule has 308 valence electrons. The molecule has 1 aliphatic rings. The predicted octanol–water partition coefficient (Wildman–Crippen LogP) is 17.2. The summed E-state index contributed by atoms with van der Waals surface area (Å²) in [6.45, 7) is 4.69. The maximum absolute atomic E-state index is 2.41. The Labute approximate surface area is 381 Å². The largest absolute Gasteiger partial charge is 0.310 e. The Bertz CT molecular complexity index is 3510. The van der Waals surface area contributed by atoms with Crippen molar-refractivity contribution in [2.45, 2.75) is 19.3 Å². The Kier molecular flexibility index (Phi) is 9.21. The minimum atomic E-state index is -0.0578. The van der Waals surface area contributed by atoms with Crippen LogP contribution in [0.15, 0.2) is 243 Å². The second-order valence-electron chi connectivity index (χ2n) is 17.8. The smallest absolute Gasteiger partial charge is 0.0541 e. The quantitative estimate of drug-likeness (QED) is 0.148. The van der Waals surface area contributed by atoms with Crippen molar-refractivity contribution in [1.29, 1.82) is 0 Å². The molecule has 1 heterocycles. The van der Waals surface area contributed by atoms with Crippen molar-refractivity contribution in [2.75, 3.05) is 4.90 Å². The number of fused-ring (bicyclic) bond motifs is 6. The minimum Gasteiger partial charge on any atom is -0.310 e. The van der Waals surface area contributed by atoms with Gasteiger partial charge in [0.15, 0.2) is 0 Å². The molecule has 12 rings (SSSR count). The van der Waals surface area contributed by atoms with E-state index in [0.29, 0.717) is 0 Å².